The third-order valence-electron chi connectivity index (χ3n) is 2.78. The molecule has 17 heavy (non-hydrogen) atoms. The maximum atomic E-state index is 11.6. The standard InChI is InChI=1S/C12H10N2O2S/c1-7-2-3-8-9(6-7)17-12(13-8)14-10(15)4-5-11(14)16/h2-3,6H,4-5H2,1H3. The van der Waals surface area contributed by atoms with Gasteiger partial charge in [-0.05, 0) is 24.6 Å². The highest BCUT2D eigenvalue weighted by Gasteiger charge is 2.32. The molecular formula is C12H10N2O2S. The van der Waals surface area contributed by atoms with Crippen molar-refractivity contribution in [2.24, 2.45) is 0 Å². The molecule has 0 radical (unpaired) electrons. The van der Waals surface area contributed by atoms with Crippen molar-refractivity contribution in [1.82, 2.24) is 4.98 Å². The number of fused-ring (bicyclic) bond motifs is 1. The Morgan fingerprint density at radius 1 is 1.24 bits per heavy atom. The van der Waals surface area contributed by atoms with Gasteiger partial charge in [0.05, 0.1) is 10.2 Å². The van der Waals surface area contributed by atoms with Gasteiger partial charge in [0.15, 0.2) is 5.13 Å². The first-order valence-electron chi connectivity index (χ1n) is 5.38. The summed E-state index contributed by atoms with van der Waals surface area (Å²) in [5.74, 6) is -0.295. The Hall–Kier alpha value is -1.75. The van der Waals surface area contributed by atoms with Crippen LogP contribution in [0.2, 0.25) is 0 Å². The van der Waals surface area contributed by atoms with Gasteiger partial charge in [-0.1, -0.05) is 17.4 Å². The van der Waals surface area contributed by atoms with E-state index in [1.54, 1.807) is 0 Å². The van der Waals surface area contributed by atoms with E-state index in [9.17, 15) is 9.59 Å². The molecule has 1 aliphatic rings. The van der Waals surface area contributed by atoms with E-state index < -0.39 is 0 Å². The van der Waals surface area contributed by atoms with Gasteiger partial charge in [-0.15, -0.1) is 0 Å². The average molecular weight is 246 g/mol. The molecule has 2 amide bonds. The van der Waals surface area contributed by atoms with Crippen LogP contribution >= 0.6 is 11.3 Å². The maximum absolute atomic E-state index is 11.6. The van der Waals surface area contributed by atoms with E-state index in [0.717, 1.165) is 15.8 Å². The number of imide groups is 1. The van der Waals surface area contributed by atoms with Gasteiger partial charge >= 0.3 is 0 Å². The molecule has 1 saturated heterocycles. The number of aryl methyl sites for hydroxylation is 1. The SMILES string of the molecule is Cc1ccc2nc(N3C(=O)CCC3=O)sc2c1. The van der Waals surface area contributed by atoms with Gasteiger partial charge in [0, 0.05) is 12.8 Å². The van der Waals surface area contributed by atoms with Crippen LogP contribution in [0.3, 0.4) is 0 Å². The molecule has 1 aromatic carbocycles. The summed E-state index contributed by atoms with van der Waals surface area (Å²) in [4.78, 5) is 28.7. The minimum absolute atomic E-state index is 0.147. The van der Waals surface area contributed by atoms with Crippen LogP contribution in [-0.2, 0) is 9.59 Å². The lowest BCUT2D eigenvalue weighted by atomic mass is 10.2. The van der Waals surface area contributed by atoms with Gasteiger partial charge in [-0.2, -0.15) is 0 Å². The number of benzene rings is 1. The van der Waals surface area contributed by atoms with Crippen molar-refractivity contribution in [2.45, 2.75) is 19.8 Å². The highest BCUT2D eigenvalue weighted by molar-refractivity contribution is 7.22. The maximum Gasteiger partial charge on any atom is 0.236 e. The zero-order chi connectivity index (χ0) is 12.0. The van der Waals surface area contributed by atoms with E-state index in [4.69, 9.17) is 0 Å². The van der Waals surface area contributed by atoms with Crippen molar-refractivity contribution >= 4 is 38.5 Å². The molecule has 3 rings (SSSR count). The number of rotatable bonds is 1. The number of thiazole rings is 1. The van der Waals surface area contributed by atoms with Crippen molar-refractivity contribution in [2.75, 3.05) is 4.90 Å². The summed E-state index contributed by atoms with van der Waals surface area (Å²) in [7, 11) is 0. The van der Waals surface area contributed by atoms with Gasteiger partial charge < -0.3 is 0 Å². The molecule has 5 heteroatoms. The predicted molar refractivity (Wildman–Crippen MR) is 66.1 cm³/mol. The molecule has 2 aromatic rings. The number of anilines is 1. The van der Waals surface area contributed by atoms with E-state index in [1.165, 1.54) is 16.2 Å². The summed E-state index contributed by atoms with van der Waals surface area (Å²) in [6.45, 7) is 2.00. The van der Waals surface area contributed by atoms with Crippen molar-refractivity contribution < 1.29 is 9.59 Å². The molecule has 0 unspecified atom stereocenters. The Morgan fingerprint density at radius 3 is 2.65 bits per heavy atom. The molecule has 0 aliphatic carbocycles. The largest absolute Gasteiger partial charge is 0.274 e. The number of hydrogen-bond donors (Lipinski definition) is 0. The quantitative estimate of drug-likeness (QED) is 0.725. The van der Waals surface area contributed by atoms with Crippen LogP contribution in [0.1, 0.15) is 18.4 Å². The van der Waals surface area contributed by atoms with Crippen LogP contribution in [-0.4, -0.2) is 16.8 Å². The second-order valence-electron chi connectivity index (χ2n) is 4.09. The zero-order valence-electron chi connectivity index (χ0n) is 9.27. The monoisotopic (exact) mass is 246 g/mol. The Morgan fingerprint density at radius 2 is 1.94 bits per heavy atom. The summed E-state index contributed by atoms with van der Waals surface area (Å²) in [5, 5.41) is 0.498. The van der Waals surface area contributed by atoms with Crippen molar-refractivity contribution in [1.29, 1.82) is 0 Å². The van der Waals surface area contributed by atoms with E-state index in [1.807, 2.05) is 25.1 Å². The molecule has 1 aliphatic heterocycles. The number of carbonyl (C=O) groups excluding carboxylic acids is 2. The van der Waals surface area contributed by atoms with E-state index >= 15 is 0 Å². The molecule has 0 bridgehead atoms. The first kappa shape index (κ1) is 10.4. The Labute approximate surface area is 102 Å². The molecule has 0 atom stereocenters. The topological polar surface area (TPSA) is 50.3 Å². The molecule has 1 aromatic heterocycles. The van der Waals surface area contributed by atoms with Gasteiger partial charge in [0.25, 0.3) is 0 Å². The molecular weight excluding hydrogens is 236 g/mol. The number of carbonyl (C=O) groups is 2. The van der Waals surface area contributed by atoms with Crippen LogP contribution in [0, 0.1) is 6.92 Å². The predicted octanol–water partition coefficient (Wildman–Crippen LogP) is 2.26. The van der Waals surface area contributed by atoms with Gasteiger partial charge in [0.2, 0.25) is 11.8 Å². The minimum Gasteiger partial charge on any atom is -0.274 e. The summed E-state index contributed by atoms with van der Waals surface area (Å²) in [6.07, 6.45) is 0.599. The minimum atomic E-state index is -0.147. The number of amides is 2. The van der Waals surface area contributed by atoms with Crippen LogP contribution in [0.15, 0.2) is 18.2 Å². The van der Waals surface area contributed by atoms with E-state index in [-0.39, 0.29) is 11.8 Å². The van der Waals surface area contributed by atoms with Crippen molar-refractivity contribution in [3.05, 3.63) is 23.8 Å². The van der Waals surface area contributed by atoms with Gasteiger partial charge in [0.1, 0.15) is 0 Å². The third kappa shape index (κ3) is 1.63. The van der Waals surface area contributed by atoms with Crippen molar-refractivity contribution in [3.8, 4) is 0 Å². The number of aromatic nitrogens is 1. The summed E-state index contributed by atoms with van der Waals surface area (Å²) in [6, 6.07) is 5.90. The molecule has 2 heterocycles. The Bertz CT molecular complexity index is 616. The first-order valence-corrected chi connectivity index (χ1v) is 6.20. The Kier molecular flexibility index (Phi) is 2.22. The zero-order valence-corrected chi connectivity index (χ0v) is 10.1. The lowest BCUT2D eigenvalue weighted by Crippen LogP contribution is -2.28. The fraction of sp³-hybridized carbons (Fsp3) is 0.250. The fourth-order valence-electron chi connectivity index (χ4n) is 1.91. The average Bonchev–Trinajstić information content (AvgIpc) is 2.81. The van der Waals surface area contributed by atoms with E-state index in [0.29, 0.717) is 18.0 Å². The molecule has 0 N–H and O–H groups in total. The first-order chi connectivity index (χ1) is 8.15. The lowest BCUT2D eigenvalue weighted by Gasteiger charge is -2.07. The highest BCUT2D eigenvalue weighted by atomic mass is 32.1. The normalized spacial score (nSPS) is 16.2. The fourth-order valence-corrected chi connectivity index (χ4v) is 3.00. The van der Waals surface area contributed by atoms with Gasteiger partial charge in [-0.3, -0.25) is 9.59 Å². The smallest absolute Gasteiger partial charge is 0.236 e. The van der Waals surface area contributed by atoms with Crippen LogP contribution in [0.5, 0.6) is 0 Å². The van der Waals surface area contributed by atoms with Crippen molar-refractivity contribution in [3.63, 3.8) is 0 Å². The van der Waals surface area contributed by atoms with Crippen LogP contribution < -0.4 is 4.90 Å². The molecule has 0 saturated carbocycles. The Balaban J connectivity index is 2.12. The highest BCUT2D eigenvalue weighted by Crippen LogP contribution is 2.32. The lowest BCUT2D eigenvalue weighted by molar-refractivity contribution is -0.121. The van der Waals surface area contributed by atoms with Crippen LogP contribution in [0.4, 0.5) is 5.13 Å². The second-order valence-corrected chi connectivity index (χ2v) is 5.10. The van der Waals surface area contributed by atoms with Crippen LogP contribution in [0.25, 0.3) is 10.2 Å². The summed E-state index contributed by atoms with van der Waals surface area (Å²) < 4.78 is 1.01. The third-order valence-corrected chi connectivity index (χ3v) is 3.78. The molecule has 4 nitrogen and oxygen atoms in total. The molecule has 86 valence electrons. The summed E-state index contributed by atoms with van der Waals surface area (Å²) >= 11 is 1.39. The number of nitrogens with zero attached hydrogens (tertiary/aromatic N) is 2. The molecule has 1 fully saturated rings. The summed E-state index contributed by atoms with van der Waals surface area (Å²) in [5.41, 5.74) is 1.98. The second kappa shape index (κ2) is 3.63. The number of hydrogen-bond acceptors (Lipinski definition) is 4. The van der Waals surface area contributed by atoms with E-state index in [2.05, 4.69) is 4.98 Å². The van der Waals surface area contributed by atoms with Gasteiger partial charge in [-0.25, -0.2) is 9.88 Å². The molecule has 0 spiro atoms.